The van der Waals surface area contributed by atoms with Crippen LogP contribution in [0.5, 0.6) is 0 Å². The highest BCUT2D eigenvalue weighted by Crippen LogP contribution is 2.27. The highest BCUT2D eigenvalue weighted by molar-refractivity contribution is 14.0. The van der Waals surface area contributed by atoms with Gasteiger partial charge in [-0.3, -0.25) is 9.89 Å². The highest BCUT2D eigenvalue weighted by Gasteiger charge is 2.28. The van der Waals surface area contributed by atoms with Gasteiger partial charge in [0.1, 0.15) is 0 Å². The number of nitrogens with zero attached hydrogens (tertiary/aromatic N) is 2. The highest BCUT2D eigenvalue weighted by atomic mass is 127. The first kappa shape index (κ1) is 18.0. The summed E-state index contributed by atoms with van der Waals surface area (Å²) in [7, 11) is 1.84. The fourth-order valence-electron chi connectivity index (χ4n) is 2.36. The summed E-state index contributed by atoms with van der Waals surface area (Å²) in [6, 6.07) is 0. The van der Waals surface area contributed by atoms with Crippen molar-refractivity contribution < 1.29 is 4.74 Å². The van der Waals surface area contributed by atoms with Crippen LogP contribution in [0.3, 0.4) is 0 Å². The van der Waals surface area contributed by atoms with Crippen LogP contribution in [0.15, 0.2) is 4.99 Å². The van der Waals surface area contributed by atoms with Crippen molar-refractivity contribution in [1.82, 2.24) is 15.5 Å². The van der Waals surface area contributed by atoms with Crippen LogP contribution in [0.4, 0.5) is 0 Å². The van der Waals surface area contributed by atoms with Gasteiger partial charge in [0, 0.05) is 38.8 Å². The predicted octanol–water partition coefficient (Wildman–Crippen LogP) is 1.29. The number of hydrogen-bond donors (Lipinski definition) is 2. The molecule has 0 unspecified atom stereocenters. The molecule has 1 aliphatic carbocycles. The number of morpholine rings is 1. The van der Waals surface area contributed by atoms with Crippen molar-refractivity contribution in [3.05, 3.63) is 0 Å². The van der Waals surface area contributed by atoms with E-state index < -0.39 is 0 Å². The zero-order valence-corrected chi connectivity index (χ0v) is 15.3. The van der Waals surface area contributed by atoms with Gasteiger partial charge in [0.2, 0.25) is 0 Å². The van der Waals surface area contributed by atoms with Gasteiger partial charge in [-0.15, -0.1) is 24.0 Å². The molecule has 118 valence electrons. The molecule has 0 aromatic rings. The van der Waals surface area contributed by atoms with Crippen molar-refractivity contribution in [2.24, 2.45) is 10.9 Å². The molecular formula is C14H29IN4O. The molecule has 2 N–H and O–H groups in total. The van der Waals surface area contributed by atoms with Crippen LogP contribution in [0.25, 0.3) is 0 Å². The van der Waals surface area contributed by atoms with Crippen molar-refractivity contribution in [3.8, 4) is 0 Å². The molecule has 0 aromatic heterocycles. The first-order valence-electron chi connectivity index (χ1n) is 7.39. The maximum atomic E-state index is 5.42. The minimum Gasteiger partial charge on any atom is -0.379 e. The van der Waals surface area contributed by atoms with Crippen molar-refractivity contribution >= 4 is 29.9 Å². The Balaban J connectivity index is 0.00000200. The van der Waals surface area contributed by atoms with Gasteiger partial charge >= 0.3 is 0 Å². The lowest BCUT2D eigenvalue weighted by molar-refractivity contribution is -0.00834. The molecule has 1 aliphatic heterocycles. The lowest BCUT2D eigenvalue weighted by Crippen LogP contribution is -2.56. The van der Waals surface area contributed by atoms with E-state index in [0.717, 1.165) is 51.3 Å². The van der Waals surface area contributed by atoms with Crippen LogP contribution in [-0.4, -0.2) is 62.8 Å². The number of hydrogen-bond acceptors (Lipinski definition) is 3. The molecule has 0 bridgehead atoms. The van der Waals surface area contributed by atoms with E-state index in [0.29, 0.717) is 0 Å². The SMILES string of the molecule is CN=C(NCC1CC1)NCC(C)(C)N1CCOCC1.I. The average Bonchev–Trinajstić information content (AvgIpc) is 3.24. The molecule has 1 saturated heterocycles. The van der Waals surface area contributed by atoms with E-state index in [2.05, 4.69) is 34.4 Å². The van der Waals surface area contributed by atoms with Crippen molar-refractivity contribution in [1.29, 1.82) is 0 Å². The summed E-state index contributed by atoms with van der Waals surface area (Å²) >= 11 is 0. The molecule has 6 heteroatoms. The zero-order valence-electron chi connectivity index (χ0n) is 12.9. The van der Waals surface area contributed by atoms with Crippen molar-refractivity contribution in [2.45, 2.75) is 32.2 Å². The Morgan fingerprint density at radius 1 is 1.25 bits per heavy atom. The van der Waals surface area contributed by atoms with E-state index in [1.165, 1.54) is 12.8 Å². The Hall–Kier alpha value is -0.0800. The van der Waals surface area contributed by atoms with E-state index in [1.807, 2.05) is 7.05 Å². The predicted molar refractivity (Wildman–Crippen MR) is 94.0 cm³/mol. The lowest BCUT2D eigenvalue weighted by atomic mass is 10.0. The topological polar surface area (TPSA) is 48.9 Å². The largest absolute Gasteiger partial charge is 0.379 e. The van der Waals surface area contributed by atoms with Crippen LogP contribution in [0, 0.1) is 5.92 Å². The third-order valence-electron chi connectivity index (χ3n) is 4.03. The monoisotopic (exact) mass is 396 g/mol. The molecule has 0 aromatic carbocycles. The van der Waals surface area contributed by atoms with Gasteiger partial charge in [0.25, 0.3) is 0 Å². The van der Waals surface area contributed by atoms with Gasteiger partial charge in [-0.25, -0.2) is 0 Å². The van der Waals surface area contributed by atoms with Crippen LogP contribution >= 0.6 is 24.0 Å². The molecule has 5 nitrogen and oxygen atoms in total. The quantitative estimate of drug-likeness (QED) is 0.418. The number of nitrogens with one attached hydrogen (secondary N) is 2. The van der Waals surface area contributed by atoms with Crippen LogP contribution in [-0.2, 0) is 4.74 Å². The molecule has 20 heavy (non-hydrogen) atoms. The smallest absolute Gasteiger partial charge is 0.191 e. The molecule has 2 rings (SSSR count). The minimum atomic E-state index is 0. The molecule has 0 atom stereocenters. The van der Waals surface area contributed by atoms with E-state index in [4.69, 9.17) is 4.74 Å². The van der Waals surface area contributed by atoms with Crippen molar-refractivity contribution in [3.63, 3.8) is 0 Å². The van der Waals surface area contributed by atoms with Gasteiger partial charge in [-0.05, 0) is 32.6 Å². The van der Waals surface area contributed by atoms with Crippen LogP contribution in [0.2, 0.25) is 0 Å². The van der Waals surface area contributed by atoms with E-state index in [-0.39, 0.29) is 29.5 Å². The number of guanidine groups is 1. The summed E-state index contributed by atoms with van der Waals surface area (Å²) in [4.78, 5) is 6.77. The molecule has 2 aliphatic rings. The fraction of sp³-hybridized carbons (Fsp3) is 0.929. The number of rotatable bonds is 5. The Bertz CT molecular complexity index is 312. The van der Waals surface area contributed by atoms with Gasteiger partial charge in [-0.2, -0.15) is 0 Å². The second-order valence-corrected chi connectivity index (χ2v) is 6.16. The Kier molecular flexibility index (Phi) is 7.53. The Morgan fingerprint density at radius 3 is 2.45 bits per heavy atom. The van der Waals surface area contributed by atoms with Crippen LogP contribution < -0.4 is 10.6 Å². The Labute approximate surface area is 139 Å². The van der Waals surface area contributed by atoms with Gasteiger partial charge < -0.3 is 15.4 Å². The minimum absolute atomic E-state index is 0. The number of aliphatic imine (C=N–C) groups is 1. The summed E-state index contributed by atoms with van der Waals surface area (Å²) in [5.74, 6) is 1.79. The first-order chi connectivity index (χ1) is 9.12. The van der Waals surface area contributed by atoms with Gasteiger partial charge in [-0.1, -0.05) is 0 Å². The van der Waals surface area contributed by atoms with E-state index in [1.54, 1.807) is 0 Å². The Morgan fingerprint density at radius 2 is 1.90 bits per heavy atom. The van der Waals surface area contributed by atoms with Crippen LogP contribution in [0.1, 0.15) is 26.7 Å². The number of ether oxygens (including phenoxy) is 1. The van der Waals surface area contributed by atoms with E-state index in [9.17, 15) is 0 Å². The summed E-state index contributed by atoms with van der Waals surface area (Å²) in [5, 5.41) is 6.85. The molecule has 1 saturated carbocycles. The fourth-order valence-corrected chi connectivity index (χ4v) is 2.36. The lowest BCUT2D eigenvalue weighted by Gasteiger charge is -2.41. The normalized spacial score (nSPS) is 21.2. The van der Waals surface area contributed by atoms with E-state index >= 15 is 0 Å². The third-order valence-corrected chi connectivity index (χ3v) is 4.03. The molecule has 2 fully saturated rings. The molecule has 0 spiro atoms. The molecule has 1 heterocycles. The molecule has 0 amide bonds. The average molecular weight is 396 g/mol. The molecule has 0 radical (unpaired) electrons. The second kappa shape index (κ2) is 8.38. The summed E-state index contributed by atoms with van der Waals surface area (Å²) in [5.41, 5.74) is 0.126. The molecular weight excluding hydrogens is 367 g/mol. The number of halogens is 1. The first-order valence-corrected chi connectivity index (χ1v) is 7.39. The van der Waals surface area contributed by atoms with Gasteiger partial charge in [0.05, 0.1) is 13.2 Å². The maximum absolute atomic E-state index is 5.42. The summed E-state index contributed by atoms with van der Waals surface area (Å²) in [6.45, 7) is 10.2. The summed E-state index contributed by atoms with van der Waals surface area (Å²) < 4.78 is 5.42. The maximum Gasteiger partial charge on any atom is 0.191 e. The third kappa shape index (κ3) is 5.73. The second-order valence-electron chi connectivity index (χ2n) is 6.16. The zero-order chi connectivity index (χ0) is 13.7. The van der Waals surface area contributed by atoms with Crippen molar-refractivity contribution in [2.75, 3.05) is 46.4 Å². The standard InChI is InChI=1S/C14H28N4O.HI/c1-14(2,18-6-8-19-9-7-18)11-17-13(15-3)16-10-12-4-5-12;/h12H,4-11H2,1-3H3,(H2,15,16,17);1H. The summed E-state index contributed by atoms with van der Waals surface area (Å²) in [6.07, 6.45) is 2.73. The van der Waals surface area contributed by atoms with Gasteiger partial charge in [0.15, 0.2) is 5.96 Å².